The first-order valence-electron chi connectivity index (χ1n) is 9.11. The predicted molar refractivity (Wildman–Crippen MR) is 109 cm³/mol. The lowest BCUT2D eigenvalue weighted by Gasteiger charge is -2.10. The van der Waals surface area contributed by atoms with Crippen LogP contribution in [0.3, 0.4) is 0 Å². The van der Waals surface area contributed by atoms with E-state index in [1.165, 1.54) is 5.56 Å². The number of carbonyl (C=O) groups is 1. The maximum Gasteiger partial charge on any atom is 0.239 e. The van der Waals surface area contributed by atoms with Crippen LogP contribution >= 0.6 is 0 Å². The van der Waals surface area contributed by atoms with Crippen molar-refractivity contribution in [3.8, 4) is 5.75 Å². The monoisotopic (exact) mass is 360 g/mol. The van der Waals surface area contributed by atoms with Gasteiger partial charge in [-0.3, -0.25) is 4.79 Å². The molecule has 27 heavy (non-hydrogen) atoms. The van der Waals surface area contributed by atoms with Gasteiger partial charge in [0.05, 0.1) is 6.54 Å². The Morgan fingerprint density at radius 2 is 1.52 bits per heavy atom. The van der Waals surface area contributed by atoms with E-state index in [1.807, 2.05) is 72.8 Å². The number of anilines is 1. The molecule has 0 spiro atoms. The molecule has 0 radical (unpaired) electrons. The van der Waals surface area contributed by atoms with Crippen molar-refractivity contribution in [2.75, 3.05) is 18.4 Å². The average Bonchev–Trinajstić information content (AvgIpc) is 2.73. The van der Waals surface area contributed by atoms with Crippen LogP contribution in [0.5, 0.6) is 5.75 Å². The number of benzene rings is 3. The fraction of sp³-hybridized carbons (Fsp3) is 0.174. The lowest BCUT2D eigenvalue weighted by molar-refractivity contribution is -0.119. The number of carbonyl (C=O) groups excluding carboxylic acids is 1. The molecule has 3 rings (SSSR count). The van der Waals surface area contributed by atoms with Crippen LogP contribution in [0.25, 0.3) is 0 Å². The Labute approximate surface area is 160 Å². The summed E-state index contributed by atoms with van der Waals surface area (Å²) < 4.78 is 5.81. The molecule has 0 aliphatic heterocycles. The highest BCUT2D eigenvalue weighted by molar-refractivity contribution is 5.80. The van der Waals surface area contributed by atoms with Crippen LogP contribution < -0.4 is 15.4 Å². The van der Waals surface area contributed by atoms with Crippen LogP contribution in [-0.4, -0.2) is 19.0 Å². The summed E-state index contributed by atoms with van der Waals surface area (Å²) in [5, 5.41) is 6.07. The zero-order valence-electron chi connectivity index (χ0n) is 15.2. The molecule has 4 nitrogen and oxygen atoms in total. The van der Waals surface area contributed by atoms with E-state index in [-0.39, 0.29) is 12.5 Å². The van der Waals surface area contributed by atoms with E-state index in [2.05, 4.69) is 22.8 Å². The zero-order chi connectivity index (χ0) is 18.7. The lowest BCUT2D eigenvalue weighted by Crippen LogP contribution is -2.31. The minimum absolute atomic E-state index is 0.0264. The molecule has 0 atom stereocenters. The van der Waals surface area contributed by atoms with E-state index in [4.69, 9.17) is 4.74 Å². The third kappa shape index (κ3) is 6.51. The highest BCUT2D eigenvalue weighted by Gasteiger charge is 2.02. The van der Waals surface area contributed by atoms with Gasteiger partial charge in [0.25, 0.3) is 0 Å². The van der Waals surface area contributed by atoms with E-state index in [9.17, 15) is 4.79 Å². The molecule has 0 unspecified atom stereocenters. The van der Waals surface area contributed by atoms with E-state index < -0.39 is 0 Å². The SMILES string of the molecule is O=C(CNc1cccc(OCc2ccccc2)c1)NCCc1ccccc1. The first kappa shape index (κ1) is 18.5. The fourth-order valence-corrected chi connectivity index (χ4v) is 2.67. The molecule has 0 aliphatic carbocycles. The standard InChI is InChI=1S/C23H24N2O2/c26-23(24-15-14-19-8-3-1-4-9-19)17-25-21-12-7-13-22(16-21)27-18-20-10-5-2-6-11-20/h1-13,16,25H,14-15,17-18H2,(H,24,26). The number of hydrogen-bond donors (Lipinski definition) is 2. The molecular weight excluding hydrogens is 336 g/mol. The summed E-state index contributed by atoms with van der Waals surface area (Å²) in [6, 6.07) is 27.8. The largest absolute Gasteiger partial charge is 0.489 e. The second kappa shape index (κ2) is 10.0. The van der Waals surface area contributed by atoms with Crippen LogP contribution in [0.15, 0.2) is 84.9 Å². The number of ether oxygens (including phenoxy) is 1. The molecule has 0 bridgehead atoms. The molecule has 0 saturated carbocycles. The number of nitrogens with one attached hydrogen (secondary N) is 2. The van der Waals surface area contributed by atoms with Gasteiger partial charge in [0, 0.05) is 18.3 Å². The van der Waals surface area contributed by atoms with Gasteiger partial charge < -0.3 is 15.4 Å². The highest BCUT2D eigenvalue weighted by Crippen LogP contribution is 2.18. The third-order valence-electron chi connectivity index (χ3n) is 4.11. The predicted octanol–water partition coefficient (Wildman–Crippen LogP) is 4.04. The molecule has 4 heteroatoms. The van der Waals surface area contributed by atoms with Crippen molar-refractivity contribution < 1.29 is 9.53 Å². The third-order valence-corrected chi connectivity index (χ3v) is 4.11. The van der Waals surface area contributed by atoms with Crippen LogP contribution in [-0.2, 0) is 17.8 Å². The van der Waals surface area contributed by atoms with Crippen molar-refractivity contribution in [2.45, 2.75) is 13.0 Å². The summed E-state index contributed by atoms with van der Waals surface area (Å²) in [6.07, 6.45) is 0.829. The second-order valence-electron chi connectivity index (χ2n) is 6.24. The Morgan fingerprint density at radius 1 is 0.815 bits per heavy atom. The molecule has 3 aromatic rings. The van der Waals surface area contributed by atoms with Gasteiger partial charge in [0.2, 0.25) is 5.91 Å². The highest BCUT2D eigenvalue weighted by atomic mass is 16.5. The first-order chi connectivity index (χ1) is 13.3. The van der Waals surface area contributed by atoms with Crippen molar-refractivity contribution in [1.82, 2.24) is 5.32 Å². The van der Waals surface area contributed by atoms with Crippen molar-refractivity contribution in [3.63, 3.8) is 0 Å². The van der Waals surface area contributed by atoms with Gasteiger partial charge in [-0.25, -0.2) is 0 Å². The summed E-state index contributed by atoms with van der Waals surface area (Å²) in [5.74, 6) is 0.745. The van der Waals surface area contributed by atoms with Crippen LogP contribution in [0.2, 0.25) is 0 Å². The molecule has 0 fully saturated rings. The van der Waals surface area contributed by atoms with Crippen LogP contribution in [0, 0.1) is 0 Å². The minimum atomic E-state index is -0.0264. The average molecular weight is 360 g/mol. The van der Waals surface area contributed by atoms with E-state index >= 15 is 0 Å². The maximum atomic E-state index is 12.0. The van der Waals surface area contributed by atoms with Gasteiger partial charge in [-0.1, -0.05) is 66.7 Å². The first-order valence-corrected chi connectivity index (χ1v) is 9.11. The Kier molecular flexibility index (Phi) is 6.87. The normalized spacial score (nSPS) is 10.2. The molecule has 1 amide bonds. The van der Waals surface area contributed by atoms with Crippen molar-refractivity contribution in [1.29, 1.82) is 0 Å². The summed E-state index contributed by atoms with van der Waals surface area (Å²) in [6.45, 7) is 1.38. The zero-order valence-corrected chi connectivity index (χ0v) is 15.2. The molecule has 0 heterocycles. The summed E-state index contributed by atoms with van der Waals surface area (Å²) in [5.41, 5.74) is 3.20. The molecular formula is C23H24N2O2. The van der Waals surface area contributed by atoms with Crippen molar-refractivity contribution in [2.24, 2.45) is 0 Å². The molecule has 3 aromatic carbocycles. The molecule has 0 aliphatic rings. The molecule has 0 saturated heterocycles. The van der Waals surface area contributed by atoms with Crippen molar-refractivity contribution in [3.05, 3.63) is 96.1 Å². The minimum Gasteiger partial charge on any atom is -0.489 e. The van der Waals surface area contributed by atoms with Crippen LogP contribution in [0.4, 0.5) is 5.69 Å². The Morgan fingerprint density at radius 3 is 2.26 bits per heavy atom. The Hall–Kier alpha value is -3.27. The quantitative estimate of drug-likeness (QED) is 0.606. The molecule has 138 valence electrons. The summed E-state index contributed by atoms with van der Waals surface area (Å²) >= 11 is 0. The number of amides is 1. The molecule has 2 N–H and O–H groups in total. The van der Waals surface area contributed by atoms with Gasteiger partial charge in [0.15, 0.2) is 0 Å². The smallest absolute Gasteiger partial charge is 0.239 e. The fourth-order valence-electron chi connectivity index (χ4n) is 2.67. The molecule has 0 aromatic heterocycles. The summed E-state index contributed by atoms with van der Waals surface area (Å²) in [7, 11) is 0. The van der Waals surface area contributed by atoms with E-state index in [1.54, 1.807) is 0 Å². The maximum absolute atomic E-state index is 12.0. The van der Waals surface area contributed by atoms with Gasteiger partial charge in [-0.05, 0) is 29.7 Å². The Balaban J connectivity index is 1.40. The second-order valence-corrected chi connectivity index (χ2v) is 6.24. The van der Waals surface area contributed by atoms with E-state index in [0.29, 0.717) is 13.2 Å². The lowest BCUT2D eigenvalue weighted by atomic mass is 10.1. The van der Waals surface area contributed by atoms with Crippen molar-refractivity contribution >= 4 is 11.6 Å². The Bertz CT molecular complexity index is 835. The summed E-state index contributed by atoms with van der Waals surface area (Å²) in [4.78, 5) is 12.0. The topological polar surface area (TPSA) is 50.4 Å². The van der Waals surface area contributed by atoms with Crippen LogP contribution in [0.1, 0.15) is 11.1 Å². The van der Waals surface area contributed by atoms with Gasteiger partial charge in [-0.15, -0.1) is 0 Å². The van der Waals surface area contributed by atoms with Gasteiger partial charge in [0.1, 0.15) is 12.4 Å². The van der Waals surface area contributed by atoms with Gasteiger partial charge in [-0.2, -0.15) is 0 Å². The van der Waals surface area contributed by atoms with Gasteiger partial charge >= 0.3 is 0 Å². The number of hydrogen-bond acceptors (Lipinski definition) is 3. The number of rotatable bonds is 9. The van der Waals surface area contributed by atoms with E-state index in [0.717, 1.165) is 23.4 Å².